The topological polar surface area (TPSA) is 9.23 Å². The SMILES string of the molecule is CC(C)(C)[Si](C)(C)OC1C[CH-]CCC1.[Zn+][I]. The van der Waals surface area contributed by atoms with Crippen LogP contribution >= 0.6 is 19.8 Å². The molecule has 1 rings (SSSR count). The van der Waals surface area contributed by atoms with E-state index in [9.17, 15) is 0 Å². The van der Waals surface area contributed by atoms with Crippen molar-refractivity contribution in [2.45, 2.75) is 70.7 Å². The molecule has 0 N–H and O–H groups in total. The zero-order chi connectivity index (χ0) is 12.8. The average Bonchev–Trinajstić information content (AvgIpc) is 2.20. The molecule has 92 valence electrons. The van der Waals surface area contributed by atoms with E-state index in [1.54, 1.807) is 0 Å². The van der Waals surface area contributed by atoms with Gasteiger partial charge in [-0.2, -0.15) is 12.8 Å². The first kappa shape index (κ1) is 17.5. The quantitative estimate of drug-likeness (QED) is 0.355. The van der Waals surface area contributed by atoms with Gasteiger partial charge in [-0.05, 0) is 24.6 Å². The summed E-state index contributed by atoms with van der Waals surface area (Å²) in [5, 5.41) is 0.352. The fraction of sp³-hybridized carbons (Fsp3) is 0.917. The molecule has 1 unspecified atom stereocenters. The Bertz CT molecular complexity index is 186. The maximum atomic E-state index is 6.35. The number of rotatable bonds is 2. The second-order valence-corrected chi connectivity index (χ2v) is 10.7. The summed E-state index contributed by atoms with van der Waals surface area (Å²) in [6, 6.07) is 0. The first-order chi connectivity index (χ1) is 7.33. The molecule has 16 heavy (non-hydrogen) atoms. The van der Waals surface area contributed by atoms with E-state index in [1.807, 2.05) is 0 Å². The molecule has 4 heteroatoms. The molecular formula is C12H25IOSiZn. The zero-order valence-electron chi connectivity index (χ0n) is 11.5. The summed E-state index contributed by atoms with van der Waals surface area (Å²) >= 11 is 3.62. The summed E-state index contributed by atoms with van der Waals surface area (Å²) in [6.45, 7) is 11.6. The summed E-state index contributed by atoms with van der Waals surface area (Å²) in [6.07, 6.45) is 7.96. The van der Waals surface area contributed by atoms with Crippen LogP contribution in [-0.4, -0.2) is 14.4 Å². The Morgan fingerprint density at radius 1 is 1.31 bits per heavy atom. The van der Waals surface area contributed by atoms with Gasteiger partial charge in [0.05, 0.1) is 0 Å². The number of halogens is 1. The third-order valence-electron chi connectivity index (χ3n) is 3.63. The van der Waals surface area contributed by atoms with Gasteiger partial charge in [-0.3, -0.25) is 0 Å². The Balaban J connectivity index is 0.00000106. The summed E-state index contributed by atoms with van der Waals surface area (Å²) in [5.74, 6) is 0. The van der Waals surface area contributed by atoms with E-state index in [4.69, 9.17) is 4.43 Å². The Labute approximate surface area is 123 Å². The van der Waals surface area contributed by atoms with E-state index in [-0.39, 0.29) is 0 Å². The van der Waals surface area contributed by atoms with Crippen molar-refractivity contribution < 1.29 is 19.2 Å². The summed E-state index contributed by atoms with van der Waals surface area (Å²) in [4.78, 5) is 0. The molecule has 1 fully saturated rings. The normalized spacial score (nSPS) is 22.4. The van der Waals surface area contributed by atoms with Crippen molar-refractivity contribution in [2.75, 3.05) is 0 Å². The van der Waals surface area contributed by atoms with Crippen LogP contribution in [0, 0.1) is 6.42 Å². The van der Waals surface area contributed by atoms with Crippen LogP contribution in [0.2, 0.25) is 18.1 Å². The maximum absolute atomic E-state index is 6.35. The average molecular weight is 406 g/mol. The Morgan fingerprint density at radius 2 is 1.88 bits per heavy atom. The monoisotopic (exact) mass is 404 g/mol. The molecule has 0 aromatic heterocycles. The Hall–Kier alpha value is 1.53. The van der Waals surface area contributed by atoms with Crippen LogP contribution in [0.15, 0.2) is 0 Å². The first-order valence-corrected chi connectivity index (χ1v) is 18.0. The van der Waals surface area contributed by atoms with Crippen LogP contribution in [-0.2, 0) is 19.2 Å². The molecule has 0 amide bonds. The molecule has 0 spiro atoms. The van der Waals surface area contributed by atoms with Crippen molar-refractivity contribution in [3.8, 4) is 0 Å². The minimum atomic E-state index is -1.51. The summed E-state index contributed by atoms with van der Waals surface area (Å²) in [7, 11) is -1.51. The standard InChI is InChI=1S/C12H25OSi.HI.Zn/c1-12(2,3)14(4,5)13-11-9-7-6-8-10-11;;/h7,11H,6,8-10H2,1-5H3;1H;/q-1;;+2/p-1. The van der Waals surface area contributed by atoms with E-state index >= 15 is 0 Å². The molecule has 1 aliphatic carbocycles. The molecule has 1 saturated carbocycles. The summed E-state index contributed by atoms with van der Waals surface area (Å²) < 4.78 is 6.35. The fourth-order valence-electron chi connectivity index (χ4n) is 1.61. The van der Waals surface area contributed by atoms with Gasteiger partial charge in [0.1, 0.15) is 0 Å². The van der Waals surface area contributed by atoms with E-state index < -0.39 is 8.32 Å². The molecule has 0 heterocycles. The third kappa shape index (κ3) is 5.92. The second kappa shape index (κ2) is 7.85. The van der Waals surface area contributed by atoms with Crippen LogP contribution in [0.25, 0.3) is 0 Å². The van der Waals surface area contributed by atoms with Crippen molar-refractivity contribution >= 4 is 28.1 Å². The van der Waals surface area contributed by atoms with Gasteiger partial charge >= 0.3 is 34.5 Å². The molecule has 0 aromatic carbocycles. The van der Waals surface area contributed by atoms with Gasteiger partial charge < -0.3 is 10.8 Å². The van der Waals surface area contributed by atoms with Crippen LogP contribution in [0.1, 0.15) is 46.5 Å². The van der Waals surface area contributed by atoms with Gasteiger partial charge in [-0.15, -0.1) is 0 Å². The van der Waals surface area contributed by atoms with Gasteiger partial charge in [0.15, 0.2) is 8.32 Å². The van der Waals surface area contributed by atoms with E-state index in [1.165, 1.54) is 40.5 Å². The molecule has 1 aliphatic rings. The van der Waals surface area contributed by atoms with Gasteiger partial charge in [0.2, 0.25) is 0 Å². The van der Waals surface area contributed by atoms with E-state index in [2.05, 4.69) is 60.0 Å². The van der Waals surface area contributed by atoms with Gasteiger partial charge in [0.25, 0.3) is 0 Å². The molecular weight excluding hydrogens is 381 g/mol. The van der Waals surface area contributed by atoms with Crippen molar-refractivity contribution in [1.29, 1.82) is 0 Å². The zero-order valence-corrected chi connectivity index (χ0v) is 17.6. The predicted molar refractivity (Wildman–Crippen MR) is 78.9 cm³/mol. The first-order valence-electron chi connectivity index (χ1n) is 6.09. The predicted octanol–water partition coefficient (Wildman–Crippen LogP) is 5.04. The van der Waals surface area contributed by atoms with Crippen molar-refractivity contribution in [2.24, 2.45) is 0 Å². The van der Waals surface area contributed by atoms with Crippen LogP contribution in [0.5, 0.6) is 0 Å². The fourth-order valence-corrected chi connectivity index (χ4v) is 3.01. The van der Waals surface area contributed by atoms with Crippen LogP contribution < -0.4 is 0 Å². The van der Waals surface area contributed by atoms with Crippen LogP contribution in [0.3, 0.4) is 0 Å². The minimum absolute atomic E-state index is 0.352. The molecule has 0 radical (unpaired) electrons. The number of hydrogen-bond donors (Lipinski definition) is 0. The van der Waals surface area contributed by atoms with E-state index in [0.29, 0.717) is 11.1 Å². The second-order valence-electron chi connectivity index (χ2n) is 5.96. The summed E-state index contributed by atoms with van der Waals surface area (Å²) in [5.41, 5.74) is 0. The van der Waals surface area contributed by atoms with Gasteiger partial charge in [-0.25, -0.2) is 0 Å². The van der Waals surface area contributed by atoms with Crippen molar-refractivity contribution in [3.63, 3.8) is 0 Å². The molecule has 0 aliphatic heterocycles. The van der Waals surface area contributed by atoms with Gasteiger partial charge in [-0.1, -0.05) is 27.2 Å². The molecule has 1 nitrogen and oxygen atoms in total. The Morgan fingerprint density at radius 3 is 2.25 bits per heavy atom. The molecule has 0 saturated heterocycles. The van der Waals surface area contributed by atoms with Crippen LogP contribution in [0.4, 0.5) is 0 Å². The van der Waals surface area contributed by atoms with Crippen molar-refractivity contribution in [1.82, 2.24) is 0 Å². The molecule has 0 bridgehead atoms. The number of hydrogen-bond acceptors (Lipinski definition) is 1. The Kier molecular flexibility index (Phi) is 8.61. The molecule has 0 aromatic rings. The molecule has 1 atom stereocenters. The third-order valence-corrected chi connectivity index (χ3v) is 8.17. The van der Waals surface area contributed by atoms with Crippen molar-refractivity contribution in [3.05, 3.63) is 6.42 Å². The van der Waals surface area contributed by atoms with Gasteiger partial charge in [0, 0.05) is 6.10 Å². The van der Waals surface area contributed by atoms with E-state index in [0.717, 1.165) is 0 Å².